The van der Waals surface area contributed by atoms with E-state index >= 15 is 0 Å². The molecule has 2 amide bonds. The number of benzene rings is 3. The van der Waals surface area contributed by atoms with E-state index in [4.69, 9.17) is 14.2 Å². The Bertz CT molecular complexity index is 1360. The molecule has 1 aliphatic rings. The van der Waals surface area contributed by atoms with E-state index in [0.29, 0.717) is 11.3 Å². The van der Waals surface area contributed by atoms with Crippen molar-refractivity contribution in [2.75, 3.05) is 13.2 Å². The van der Waals surface area contributed by atoms with Gasteiger partial charge in [-0.3, -0.25) is 0 Å². The molecule has 9 heteroatoms. The number of carbonyl (C=O) groups excluding carboxylic acids is 2. The van der Waals surface area contributed by atoms with E-state index in [1.54, 1.807) is 45.0 Å². The van der Waals surface area contributed by atoms with Crippen LogP contribution in [-0.2, 0) is 33.7 Å². The minimum absolute atomic E-state index is 0.0458. The highest BCUT2D eigenvalue weighted by atomic mass is 16.6. The molecule has 3 N–H and O–H groups in total. The molecule has 1 aliphatic carbocycles. The van der Waals surface area contributed by atoms with Gasteiger partial charge in [-0.15, -0.1) is 0 Å². The Morgan fingerprint density at radius 3 is 2.38 bits per heavy atom. The molecule has 210 valence electrons. The second-order valence-electron chi connectivity index (χ2n) is 10.5. The van der Waals surface area contributed by atoms with Gasteiger partial charge in [0, 0.05) is 6.42 Å². The lowest BCUT2D eigenvalue weighted by molar-refractivity contribution is -0.139. The summed E-state index contributed by atoms with van der Waals surface area (Å²) in [6, 6.07) is 19.8. The Kier molecular flexibility index (Phi) is 8.93. The van der Waals surface area contributed by atoms with E-state index in [2.05, 4.69) is 28.8 Å². The van der Waals surface area contributed by atoms with Crippen LogP contribution < -0.4 is 15.4 Å². The van der Waals surface area contributed by atoms with Crippen LogP contribution in [-0.4, -0.2) is 48.1 Å². The summed E-state index contributed by atoms with van der Waals surface area (Å²) in [5, 5.41) is 14.7. The molecule has 9 nitrogen and oxygen atoms in total. The lowest BCUT2D eigenvalue weighted by Gasteiger charge is -2.19. The summed E-state index contributed by atoms with van der Waals surface area (Å²) in [6.45, 7) is 5.90. The third-order valence-electron chi connectivity index (χ3n) is 6.30. The number of alkyl carbamates (subject to hydrolysis) is 2. The van der Waals surface area contributed by atoms with Crippen molar-refractivity contribution >= 4 is 18.2 Å². The standard InChI is InChI=1S/C31H34N2O7/c1-31(2,3)40-29(36)32-15-16-38-23-13-11-20(12-14-23)17-27(28(34)35)33-30(37)39-19-22-8-6-10-25-24-9-5-4-7-21(24)18-26(22)25/h4-14,27H,15-19H2,1-3H3,(H,32,36)(H,33,37)(H,34,35)/t27-/m0/s1. The summed E-state index contributed by atoms with van der Waals surface area (Å²) in [4.78, 5) is 36.0. The van der Waals surface area contributed by atoms with E-state index in [0.717, 1.165) is 23.1 Å². The minimum Gasteiger partial charge on any atom is -0.492 e. The van der Waals surface area contributed by atoms with Crippen LogP contribution in [0.25, 0.3) is 11.1 Å². The van der Waals surface area contributed by atoms with Crippen LogP contribution in [0.1, 0.15) is 43.0 Å². The highest BCUT2D eigenvalue weighted by Crippen LogP contribution is 2.38. The van der Waals surface area contributed by atoms with Crippen LogP contribution in [0.4, 0.5) is 9.59 Å². The molecule has 0 unspecified atom stereocenters. The maximum absolute atomic E-state index is 12.5. The molecular formula is C31H34N2O7. The van der Waals surface area contributed by atoms with Crippen LogP contribution in [0.5, 0.6) is 5.75 Å². The molecule has 40 heavy (non-hydrogen) atoms. The molecule has 0 spiro atoms. The zero-order valence-corrected chi connectivity index (χ0v) is 22.9. The fraction of sp³-hybridized carbons (Fsp3) is 0.323. The number of amides is 2. The quantitative estimate of drug-likeness (QED) is 0.237. The molecule has 0 saturated heterocycles. The molecule has 3 aromatic carbocycles. The van der Waals surface area contributed by atoms with E-state index in [1.807, 2.05) is 24.3 Å². The molecule has 0 saturated carbocycles. The Balaban J connectivity index is 1.24. The molecule has 1 atom stereocenters. The van der Waals surface area contributed by atoms with Crippen LogP contribution >= 0.6 is 0 Å². The van der Waals surface area contributed by atoms with Gasteiger partial charge < -0.3 is 30.0 Å². The number of rotatable bonds is 10. The zero-order valence-electron chi connectivity index (χ0n) is 22.9. The molecular weight excluding hydrogens is 512 g/mol. The van der Waals surface area contributed by atoms with Crippen molar-refractivity contribution in [3.8, 4) is 16.9 Å². The molecule has 0 aromatic heterocycles. The number of carbonyl (C=O) groups is 3. The smallest absolute Gasteiger partial charge is 0.408 e. The monoisotopic (exact) mass is 546 g/mol. The number of hydrogen-bond donors (Lipinski definition) is 3. The summed E-state index contributed by atoms with van der Waals surface area (Å²) in [5.74, 6) is -0.604. The van der Waals surface area contributed by atoms with Crippen LogP contribution in [0.2, 0.25) is 0 Å². The Labute approximate surface area is 233 Å². The number of fused-ring (bicyclic) bond motifs is 3. The van der Waals surface area contributed by atoms with Crippen molar-refractivity contribution in [3.63, 3.8) is 0 Å². The molecule has 0 bridgehead atoms. The van der Waals surface area contributed by atoms with Gasteiger partial charge in [0.05, 0.1) is 6.54 Å². The summed E-state index contributed by atoms with van der Waals surface area (Å²) in [5.41, 5.74) is 5.69. The maximum atomic E-state index is 12.5. The maximum Gasteiger partial charge on any atom is 0.408 e. The predicted octanol–water partition coefficient (Wildman–Crippen LogP) is 5.08. The molecule has 0 heterocycles. The number of carboxylic acid groups (broad SMARTS) is 1. The van der Waals surface area contributed by atoms with Gasteiger partial charge in [0.2, 0.25) is 0 Å². The summed E-state index contributed by atoms with van der Waals surface area (Å²) < 4.78 is 16.2. The highest BCUT2D eigenvalue weighted by Gasteiger charge is 2.23. The Hall–Kier alpha value is -4.53. The van der Waals surface area contributed by atoms with Gasteiger partial charge in [0.1, 0.15) is 30.6 Å². The van der Waals surface area contributed by atoms with Gasteiger partial charge in [0.25, 0.3) is 0 Å². The van der Waals surface area contributed by atoms with E-state index in [9.17, 15) is 19.5 Å². The number of ether oxygens (including phenoxy) is 3. The van der Waals surface area contributed by atoms with Crippen molar-refractivity contribution in [1.82, 2.24) is 10.6 Å². The van der Waals surface area contributed by atoms with Gasteiger partial charge in [-0.2, -0.15) is 0 Å². The van der Waals surface area contributed by atoms with Gasteiger partial charge in [-0.05, 0) is 72.7 Å². The highest BCUT2D eigenvalue weighted by molar-refractivity contribution is 5.80. The first kappa shape index (κ1) is 28.5. The van der Waals surface area contributed by atoms with Crippen LogP contribution in [0, 0.1) is 0 Å². The van der Waals surface area contributed by atoms with Gasteiger partial charge in [-0.1, -0.05) is 54.6 Å². The van der Waals surface area contributed by atoms with Crippen molar-refractivity contribution in [3.05, 3.63) is 89.0 Å². The van der Waals surface area contributed by atoms with E-state index in [-0.39, 0.29) is 26.2 Å². The molecule has 0 aliphatic heterocycles. The lowest BCUT2D eigenvalue weighted by atomic mass is 10.0. The SMILES string of the molecule is CC(C)(C)OC(=O)NCCOc1ccc(C[C@H](NC(=O)OCc2cccc3c2Cc2ccccc2-3)C(=O)O)cc1. The van der Waals surface area contributed by atoms with Crippen molar-refractivity contribution in [2.24, 2.45) is 0 Å². The number of aliphatic carboxylic acids is 1. The van der Waals surface area contributed by atoms with E-state index < -0.39 is 29.8 Å². The normalized spacial score (nSPS) is 12.5. The van der Waals surface area contributed by atoms with E-state index in [1.165, 1.54) is 11.1 Å². The zero-order chi connectivity index (χ0) is 28.7. The van der Waals surface area contributed by atoms with Crippen molar-refractivity contribution in [2.45, 2.75) is 51.9 Å². The third-order valence-corrected chi connectivity index (χ3v) is 6.30. The largest absolute Gasteiger partial charge is 0.492 e. The number of carboxylic acids is 1. The Morgan fingerprint density at radius 2 is 1.65 bits per heavy atom. The lowest BCUT2D eigenvalue weighted by Crippen LogP contribution is -2.42. The van der Waals surface area contributed by atoms with Gasteiger partial charge in [0.15, 0.2) is 0 Å². The fourth-order valence-corrected chi connectivity index (χ4v) is 4.48. The first-order chi connectivity index (χ1) is 19.1. The third kappa shape index (κ3) is 7.75. The second-order valence-corrected chi connectivity index (χ2v) is 10.5. The van der Waals surface area contributed by atoms with Crippen molar-refractivity contribution < 1.29 is 33.7 Å². The molecule has 0 fully saturated rings. The van der Waals surface area contributed by atoms with Gasteiger partial charge in [-0.25, -0.2) is 14.4 Å². The Morgan fingerprint density at radius 1 is 0.925 bits per heavy atom. The predicted molar refractivity (Wildman–Crippen MR) is 149 cm³/mol. The summed E-state index contributed by atoms with van der Waals surface area (Å²) in [6.07, 6.45) is -0.473. The summed E-state index contributed by atoms with van der Waals surface area (Å²) >= 11 is 0. The molecule has 3 aromatic rings. The topological polar surface area (TPSA) is 123 Å². The summed E-state index contributed by atoms with van der Waals surface area (Å²) in [7, 11) is 0. The van der Waals surface area contributed by atoms with Crippen LogP contribution in [0.3, 0.4) is 0 Å². The van der Waals surface area contributed by atoms with Gasteiger partial charge >= 0.3 is 18.2 Å². The molecule has 4 rings (SSSR count). The first-order valence-corrected chi connectivity index (χ1v) is 13.1. The average molecular weight is 547 g/mol. The second kappa shape index (κ2) is 12.5. The minimum atomic E-state index is -1.17. The number of nitrogens with one attached hydrogen (secondary N) is 2. The number of hydrogen-bond acceptors (Lipinski definition) is 6. The molecule has 0 radical (unpaired) electrons. The average Bonchev–Trinajstić information content (AvgIpc) is 3.29. The van der Waals surface area contributed by atoms with Crippen molar-refractivity contribution in [1.29, 1.82) is 0 Å². The fourth-order valence-electron chi connectivity index (χ4n) is 4.48. The first-order valence-electron chi connectivity index (χ1n) is 13.1. The van der Waals surface area contributed by atoms with Crippen LogP contribution in [0.15, 0.2) is 66.7 Å².